The van der Waals surface area contributed by atoms with Crippen LogP contribution in [0.25, 0.3) is 0 Å². The van der Waals surface area contributed by atoms with Gasteiger partial charge in [-0.05, 0) is 128 Å². The molecule has 0 bridgehead atoms. The quantitative estimate of drug-likeness (QED) is 0.114. The van der Waals surface area contributed by atoms with Crippen molar-refractivity contribution in [1.82, 2.24) is 0 Å². The second-order valence-corrected chi connectivity index (χ2v) is 30.8. The molecule has 338 valence electrons. The van der Waals surface area contributed by atoms with E-state index >= 15 is 0 Å². The Bertz CT molecular complexity index is 1680. The van der Waals surface area contributed by atoms with Crippen LogP contribution in [0, 0.1) is 28.6 Å². The van der Waals surface area contributed by atoms with E-state index in [0.29, 0.717) is 0 Å². The minimum absolute atomic E-state index is 0.00460. The largest absolute Gasteiger partial charge is 0.460 e. The number of alkyl halides is 9. The molecule has 4 fully saturated rings. The summed E-state index contributed by atoms with van der Waals surface area (Å²) in [5, 5.41) is 10.3. The number of fused-ring (bicyclic) bond motifs is 1. The molecule has 1 unspecified atom stereocenters. The van der Waals surface area contributed by atoms with Gasteiger partial charge < -0.3 is 14.0 Å². The van der Waals surface area contributed by atoms with Crippen molar-refractivity contribution in [2.24, 2.45) is 28.6 Å². The Balaban J connectivity index is 1.55. The Labute approximate surface area is 347 Å². The van der Waals surface area contributed by atoms with Crippen molar-refractivity contribution in [3.8, 4) is 0 Å². The molecular weight excluding hydrogens is 820 g/mol. The lowest BCUT2D eigenvalue weighted by atomic mass is 9.61. The van der Waals surface area contributed by atoms with Crippen molar-refractivity contribution < 1.29 is 58.3 Å². The van der Waals surface area contributed by atoms with Crippen LogP contribution < -0.4 is 0 Å². The number of carbonyl (C=O) groups excluding carboxylic acids is 1. The summed E-state index contributed by atoms with van der Waals surface area (Å²) in [5.74, 6) is -21.7. The van der Waals surface area contributed by atoms with Gasteiger partial charge in [0, 0.05) is 6.42 Å². The van der Waals surface area contributed by atoms with Crippen molar-refractivity contribution in [3.63, 3.8) is 0 Å². The van der Waals surface area contributed by atoms with E-state index in [4.69, 9.17) is 8.85 Å². The van der Waals surface area contributed by atoms with Crippen LogP contribution in [0.3, 0.4) is 0 Å². The van der Waals surface area contributed by atoms with E-state index < -0.39 is 70.7 Å². The summed E-state index contributed by atoms with van der Waals surface area (Å²) >= 11 is 0. The van der Waals surface area contributed by atoms with Gasteiger partial charge in [0.05, 0.1) is 17.6 Å². The minimum atomic E-state index is -7.15. The second-order valence-electron chi connectivity index (χ2n) is 21.3. The van der Waals surface area contributed by atoms with E-state index in [0.717, 1.165) is 62.2 Å². The number of allylic oxidation sites excluding steroid dienone is 5. The first-order chi connectivity index (χ1) is 26.4. The molecule has 0 amide bonds. The van der Waals surface area contributed by atoms with Crippen LogP contribution in [-0.4, -0.2) is 69.8 Å². The van der Waals surface area contributed by atoms with Crippen molar-refractivity contribution >= 4 is 22.4 Å². The minimum Gasteiger partial charge on any atom is -0.413 e. The average Bonchev–Trinajstić information content (AvgIpc) is 3.81. The van der Waals surface area contributed by atoms with Crippen molar-refractivity contribution in [2.75, 3.05) is 0 Å². The standard InChI is InChI=1S/C44H67F9O4Si2/c1-27(16-21-35(54)40(23-24-40)36(55)41(45,46)42(47,48)43(49,50)44(51,52)53)32-19-20-33-29(15-14-22-39(32,33)9)17-18-30-25-31(56-58(10,11)37(3,4)5)26-34(28(30)2)57-59(12,13)38(6,7)8/h16-18,21,27,31-34,36,55H,2,14-15,19-20,22-26H2,1,3-13H3/b21-16+,29-17+,30-18-/t27-,31-,32-,33+,34+,36?,39-/m1/s1. The van der Waals surface area contributed by atoms with Gasteiger partial charge >= 0.3 is 23.9 Å². The van der Waals surface area contributed by atoms with Crippen LogP contribution in [0.5, 0.6) is 0 Å². The molecule has 0 spiro atoms. The van der Waals surface area contributed by atoms with Crippen LogP contribution in [0.2, 0.25) is 36.3 Å². The molecule has 4 aliphatic rings. The van der Waals surface area contributed by atoms with Crippen molar-refractivity contribution in [2.45, 2.75) is 192 Å². The van der Waals surface area contributed by atoms with Gasteiger partial charge in [0.1, 0.15) is 6.10 Å². The Hall–Kier alpha value is -1.69. The Morgan fingerprint density at radius 2 is 1.39 bits per heavy atom. The Morgan fingerprint density at radius 1 is 0.847 bits per heavy atom. The normalized spacial score (nSPS) is 30.2. The van der Waals surface area contributed by atoms with E-state index in [-0.39, 0.29) is 45.5 Å². The fourth-order valence-electron chi connectivity index (χ4n) is 9.14. The monoisotopic (exact) mass is 886 g/mol. The van der Waals surface area contributed by atoms with Crippen LogP contribution >= 0.6 is 0 Å². The number of aliphatic hydroxyl groups excluding tert-OH is 1. The summed E-state index contributed by atoms with van der Waals surface area (Å²) in [7, 11) is -4.27. The van der Waals surface area contributed by atoms with Gasteiger partial charge in [-0.1, -0.05) is 85.8 Å². The van der Waals surface area contributed by atoms with Crippen LogP contribution in [0.4, 0.5) is 39.5 Å². The smallest absolute Gasteiger partial charge is 0.413 e. The molecular formula is C44H67F9O4Si2. The summed E-state index contributed by atoms with van der Waals surface area (Å²) in [6, 6.07) is 0. The number of halogens is 9. The van der Waals surface area contributed by atoms with Crippen molar-refractivity contribution in [3.05, 3.63) is 47.6 Å². The summed E-state index contributed by atoms with van der Waals surface area (Å²) in [5.41, 5.74) is 0.558. The topological polar surface area (TPSA) is 55.8 Å². The molecule has 0 heterocycles. The summed E-state index contributed by atoms with van der Waals surface area (Å²) < 4.78 is 137. The molecule has 4 rings (SSSR count). The zero-order valence-corrected chi connectivity index (χ0v) is 38.9. The second kappa shape index (κ2) is 16.1. The highest BCUT2D eigenvalue weighted by Crippen LogP contribution is 2.62. The molecule has 0 aromatic rings. The molecule has 0 aromatic carbocycles. The van der Waals surface area contributed by atoms with Crippen molar-refractivity contribution in [1.29, 1.82) is 0 Å². The number of hydrogen-bond acceptors (Lipinski definition) is 4. The highest BCUT2D eigenvalue weighted by molar-refractivity contribution is 6.74. The molecule has 0 radical (unpaired) electrons. The summed E-state index contributed by atoms with van der Waals surface area (Å²) in [6.45, 7) is 31.0. The van der Waals surface area contributed by atoms with Gasteiger partial charge in [0.2, 0.25) is 0 Å². The van der Waals surface area contributed by atoms with E-state index in [1.54, 1.807) is 0 Å². The third kappa shape index (κ3) is 9.21. The fourth-order valence-corrected chi connectivity index (χ4v) is 11.8. The number of rotatable bonds is 13. The first-order valence-corrected chi connectivity index (χ1v) is 26.8. The van der Waals surface area contributed by atoms with Gasteiger partial charge in [-0.2, -0.15) is 39.5 Å². The van der Waals surface area contributed by atoms with E-state index in [9.17, 15) is 49.4 Å². The maximum atomic E-state index is 14.7. The SMILES string of the molecule is C=C1/C(=C\C=C2/CCC[C@]3(C)[C@@H]([C@H](C)/C=C/C(=O)C4(C(O)C(F)(F)C(F)(F)C(F)(F)C(F)(F)F)CC4)CC[C@@H]23)C[C@@H](O[Si](C)(C)C(C)(C)C)C[C@@H]1O[Si](C)(C)C(C)(C)C. The summed E-state index contributed by atoms with van der Waals surface area (Å²) in [4.78, 5) is 13.2. The molecule has 1 N–H and O–H groups in total. The molecule has 4 saturated carbocycles. The number of carbonyl (C=O) groups is 1. The van der Waals surface area contributed by atoms with E-state index in [1.165, 1.54) is 11.6 Å². The fraction of sp³-hybridized carbons (Fsp3) is 0.795. The van der Waals surface area contributed by atoms with Gasteiger partial charge in [0.15, 0.2) is 22.4 Å². The number of aliphatic hydroxyl groups is 1. The lowest BCUT2D eigenvalue weighted by Gasteiger charge is -2.45. The molecule has 4 nitrogen and oxygen atoms in total. The van der Waals surface area contributed by atoms with Crippen LogP contribution in [0.15, 0.2) is 47.6 Å². The van der Waals surface area contributed by atoms with Gasteiger partial charge in [0.25, 0.3) is 0 Å². The van der Waals surface area contributed by atoms with Gasteiger partial charge in [-0.25, -0.2) is 0 Å². The van der Waals surface area contributed by atoms with Crippen LogP contribution in [0.1, 0.15) is 113 Å². The zero-order chi connectivity index (χ0) is 45.4. The molecule has 15 heteroatoms. The highest BCUT2D eigenvalue weighted by atomic mass is 28.4. The van der Waals surface area contributed by atoms with E-state index in [1.807, 2.05) is 6.92 Å². The Kier molecular flexibility index (Phi) is 13.7. The first-order valence-electron chi connectivity index (χ1n) is 21.0. The lowest BCUT2D eigenvalue weighted by Crippen LogP contribution is -2.66. The molecule has 0 aromatic heterocycles. The molecule has 59 heavy (non-hydrogen) atoms. The average molecular weight is 887 g/mol. The molecule has 7 atom stereocenters. The third-order valence-electron chi connectivity index (χ3n) is 15.3. The Morgan fingerprint density at radius 3 is 1.90 bits per heavy atom. The van der Waals surface area contributed by atoms with Gasteiger partial charge in [-0.15, -0.1) is 0 Å². The van der Waals surface area contributed by atoms with E-state index in [2.05, 4.69) is 93.4 Å². The number of ketones is 1. The number of hydrogen-bond donors (Lipinski definition) is 1. The third-order valence-corrected chi connectivity index (χ3v) is 24.3. The molecule has 4 aliphatic carbocycles. The molecule has 0 saturated heterocycles. The highest BCUT2D eigenvalue weighted by Gasteiger charge is 2.85. The van der Waals surface area contributed by atoms with Crippen LogP contribution in [-0.2, 0) is 13.6 Å². The summed E-state index contributed by atoms with van der Waals surface area (Å²) in [6.07, 6.45) is 0.434. The lowest BCUT2D eigenvalue weighted by molar-refractivity contribution is -0.408. The first kappa shape index (κ1) is 50.0. The zero-order valence-electron chi connectivity index (χ0n) is 36.9. The predicted octanol–water partition coefficient (Wildman–Crippen LogP) is 13.6. The maximum absolute atomic E-state index is 14.7. The molecule has 0 aliphatic heterocycles. The maximum Gasteiger partial charge on any atom is 0.460 e. The predicted molar refractivity (Wildman–Crippen MR) is 219 cm³/mol. The van der Waals surface area contributed by atoms with Gasteiger partial charge in [-0.3, -0.25) is 4.79 Å².